The van der Waals surface area contributed by atoms with Crippen LogP contribution in [0, 0.1) is 11.6 Å². The largest absolute Gasteiger partial charge is 0.351 e. The zero-order valence-electron chi connectivity index (χ0n) is 16.5. The minimum Gasteiger partial charge on any atom is -0.351 e. The molecule has 1 aromatic carbocycles. The molecule has 0 aliphatic heterocycles. The Morgan fingerprint density at radius 2 is 2.06 bits per heavy atom. The third kappa shape index (κ3) is 4.21. The Hall–Kier alpha value is -3.11. The van der Waals surface area contributed by atoms with Gasteiger partial charge < -0.3 is 5.32 Å². The first-order valence-electron chi connectivity index (χ1n) is 9.15. The van der Waals surface area contributed by atoms with E-state index in [1.54, 1.807) is 23.3 Å². The molecule has 31 heavy (non-hydrogen) atoms. The standard InChI is InChI=1S/C20H17ClF2N6OS/c1-20(13-7-25-28(2)9-13,19-27-17(21)10-31-19)11-24-18(30)12-6-26-29(8-12)16-4-3-14(22)5-15(16)23/h3-10H,11H2,1-2H3,(H,24,30). The molecule has 0 spiro atoms. The van der Waals surface area contributed by atoms with E-state index in [-0.39, 0.29) is 17.8 Å². The van der Waals surface area contributed by atoms with Crippen molar-refractivity contribution < 1.29 is 13.6 Å². The molecule has 0 fully saturated rings. The fourth-order valence-corrected chi connectivity index (χ4v) is 4.24. The van der Waals surface area contributed by atoms with Crippen LogP contribution in [-0.4, -0.2) is 37.0 Å². The van der Waals surface area contributed by atoms with Gasteiger partial charge in [0.05, 0.1) is 23.4 Å². The summed E-state index contributed by atoms with van der Waals surface area (Å²) in [5, 5.41) is 14.0. The Balaban J connectivity index is 1.56. The average molecular weight is 463 g/mol. The minimum absolute atomic E-state index is 0.0399. The number of aromatic nitrogens is 5. The molecule has 0 saturated carbocycles. The molecule has 1 amide bonds. The summed E-state index contributed by atoms with van der Waals surface area (Å²) in [4.78, 5) is 17.2. The molecule has 4 aromatic rings. The third-order valence-corrected chi connectivity index (χ3v) is 6.32. The number of hydrogen-bond acceptors (Lipinski definition) is 5. The molecular formula is C20H17ClF2N6OS. The molecule has 0 aliphatic rings. The van der Waals surface area contributed by atoms with Crippen molar-refractivity contribution in [3.63, 3.8) is 0 Å². The fraction of sp³-hybridized carbons (Fsp3) is 0.200. The van der Waals surface area contributed by atoms with Crippen LogP contribution in [-0.2, 0) is 12.5 Å². The summed E-state index contributed by atoms with van der Waals surface area (Å²) < 4.78 is 30.0. The van der Waals surface area contributed by atoms with Crippen LogP contribution in [0.3, 0.4) is 0 Å². The molecule has 1 unspecified atom stereocenters. The van der Waals surface area contributed by atoms with Crippen LogP contribution in [0.5, 0.6) is 0 Å². The Labute approximate surface area is 185 Å². The molecule has 7 nitrogen and oxygen atoms in total. The number of halogens is 3. The number of carbonyl (C=O) groups is 1. The minimum atomic E-state index is -0.778. The van der Waals surface area contributed by atoms with E-state index in [1.165, 1.54) is 34.5 Å². The number of nitrogens with zero attached hydrogens (tertiary/aromatic N) is 5. The Morgan fingerprint density at radius 1 is 1.26 bits per heavy atom. The van der Waals surface area contributed by atoms with Gasteiger partial charge in [0.15, 0.2) is 5.82 Å². The number of nitrogens with one attached hydrogen (secondary N) is 1. The molecule has 1 atom stereocenters. The first-order valence-corrected chi connectivity index (χ1v) is 10.4. The molecule has 0 saturated heterocycles. The lowest BCUT2D eigenvalue weighted by atomic mass is 9.85. The number of amides is 1. The molecule has 11 heteroatoms. The topological polar surface area (TPSA) is 77.6 Å². The van der Waals surface area contributed by atoms with Crippen LogP contribution in [0.1, 0.15) is 27.9 Å². The predicted octanol–water partition coefficient (Wildman–Crippen LogP) is 3.73. The van der Waals surface area contributed by atoms with E-state index in [4.69, 9.17) is 11.6 Å². The summed E-state index contributed by atoms with van der Waals surface area (Å²) in [5.74, 6) is -1.87. The lowest BCUT2D eigenvalue weighted by Gasteiger charge is -2.26. The summed E-state index contributed by atoms with van der Waals surface area (Å²) in [6.07, 6.45) is 6.28. The Bertz CT molecular complexity index is 1210. The molecule has 0 aliphatic carbocycles. The highest BCUT2D eigenvalue weighted by Gasteiger charge is 2.34. The SMILES string of the molecule is Cn1cc(C(C)(CNC(=O)c2cnn(-c3ccc(F)cc3F)c2)c2nc(Cl)cs2)cn1. The molecule has 0 radical (unpaired) electrons. The lowest BCUT2D eigenvalue weighted by molar-refractivity contribution is 0.0947. The van der Waals surface area contributed by atoms with E-state index in [2.05, 4.69) is 20.5 Å². The molecular weight excluding hydrogens is 446 g/mol. The van der Waals surface area contributed by atoms with Crippen molar-refractivity contribution in [1.29, 1.82) is 0 Å². The van der Waals surface area contributed by atoms with Crippen LogP contribution in [0.15, 0.2) is 48.4 Å². The summed E-state index contributed by atoms with van der Waals surface area (Å²) in [5.41, 5.74) is 0.471. The van der Waals surface area contributed by atoms with Crippen LogP contribution in [0.2, 0.25) is 5.15 Å². The maximum absolute atomic E-state index is 14.0. The van der Waals surface area contributed by atoms with Gasteiger partial charge in [-0.25, -0.2) is 18.4 Å². The predicted molar refractivity (Wildman–Crippen MR) is 113 cm³/mol. The van der Waals surface area contributed by atoms with Gasteiger partial charge in [-0.2, -0.15) is 10.2 Å². The molecule has 4 rings (SSSR count). The van der Waals surface area contributed by atoms with Gasteiger partial charge in [0.1, 0.15) is 21.7 Å². The van der Waals surface area contributed by atoms with E-state index >= 15 is 0 Å². The van der Waals surface area contributed by atoms with E-state index < -0.39 is 23.0 Å². The van der Waals surface area contributed by atoms with E-state index in [1.807, 2.05) is 13.1 Å². The lowest BCUT2D eigenvalue weighted by Crippen LogP contribution is -2.39. The van der Waals surface area contributed by atoms with Crippen LogP contribution in [0.4, 0.5) is 8.78 Å². The Morgan fingerprint density at radius 3 is 2.71 bits per heavy atom. The zero-order valence-corrected chi connectivity index (χ0v) is 18.1. The molecule has 1 N–H and O–H groups in total. The maximum atomic E-state index is 14.0. The smallest absolute Gasteiger partial charge is 0.254 e. The number of rotatable bonds is 6. The second kappa shape index (κ2) is 8.20. The third-order valence-electron chi connectivity index (χ3n) is 4.89. The van der Waals surface area contributed by atoms with Crippen molar-refractivity contribution in [2.75, 3.05) is 6.54 Å². The van der Waals surface area contributed by atoms with Crippen LogP contribution >= 0.6 is 22.9 Å². The molecule has 160 valence electrons. The summed E-state index contributed by atoms with van der Waals surface area (Å²) in [6.45, 7) is 2.16. The number of aryl methyl sites for hydroxylation is 1. The highest BCUT2D eigenvalue weighted by Crippen LogP contribution is 2.34. The van der Waals surface area contributed by atoms with Gasteiger partial charge in [-0.15, -0.1) is 11.3 Å². The summed E-state index contributed by atoms with van der Waals surface area (Å²) in [6, 6.07) is 3.14. The van der Waals surface area contributed by atoms with Gasteiger partial charge in [-0.05, 0) is 19.1 Å². The van der Waals surface area contributed by atoms with Crippen molar-refractivity contribution >= 4 is 28.8 Å². The summed E-state index contributed by atoms with van der Waals surface area (Å²) >= 11 is 7.42. The Kier molecular flexibility index (Phi) is 5.59. The first kappa shape index (κ1) is 21.1. The van der Waals surface area contributed by atoms with E-state index in [0.29, 0.717) is 5.15 Å². The van der Waals surface area contributed by atoms with Crippen molar-refractivity contribution in [2.45, 2.75) is 12.3 Å². The number of benzene rings is 1. The molecule has 0 bridgehead atoms. The van der Waals surface area contributed by atoms with Gasteiger partial charge in [0, 0.05) is 43.0 Å². The number of thiazole rings is 1. The van der Waals surface area contributed by atoms with Crippen molar-refractivity contribution in [3.8, 4) is 5.69 Å². The van der Waals surface area contributed by atoms with Gasteiger partial charge >= 0.3 is 0 Å². The highest BCUT2D eigenvalue weighted by atomic mass is 35.5. The van der Waals surface area contributed by atoms with Crippen molar-refractivity contribution in [1.82, 2.24) is 29.9 Å². The quantitative estimate of drug-likeness (QED) is 0.473. The summed E-state index contributed by atoms with van der Waals surface area (Å²) in [7, 11) is 1.81. The van der Waals surface area contributed by atoms with Crippen LogP contribution in [0.25, 0.3) is 5.69 Å². The molecule has 3 aromatic heterocycles. The highest BCUT2D eigenvalue weighted by molar-refractivity contribution is 7.10. The fourth-order valence-electron chi connectivity index (χ4n) is 3.11. The van der Waals surface area contributed by atoms with E-state index in [9.17, 15) is 13.6 Å². The number of carbonyl (C=O) groups excluding carboxylic acids is 1. The van der Waals surface area contributed by atoms with Crippen molar-refractivity contribution in [3.05, 3.63) is 81.3 Å². The number of hydrogen-bond donors (Lipinski definition) is 1. The maximum Gasteiger partial charge on any atom is 0.254 e. The van der Waals surface area contributed by atoms with Gasteiger partial charge in [-0.1, -0.05) is 11.6 Å². The molecule has 3 heterocycles. The van der Waals surface area contributed by atoms with Crippen molar-refractivity contribution in [2.24, 2.45) is 7.05 Å². The monoisotopic (exact) mass is 462 g/mol. The van der Waals surface area contributed by atoms with E-state index in [0.717, 1.165) is 22.7 Å². The van der Waals surface area contributed by atoms with Gasteiger partial charge in [-0.3, -0.25) is 9.48 Å². The first-order chi connectivity index (χ1) is 14.8. The van der Waals surface area contributed by atoms with Gasteiger partial charge in [0.25, 0.3) is 5.91 Å². The second-order valence-electron chi connectivity index (χ2n) is 7.16. The average Bonchev–Trinajstić information content (AvgIpc) is 3.47. The zero-order chi connectivity index (χ0) is 22.2. The second-order valence-corrected chi connectivity index (χ2v) is 8.41. The van der Waals surface area contributed by atoms with Crippen LogP contribution < -0.4 is 5.32 Å². The van der Waals surface area contributed by atoms with Gasteiger partial charge in [0.2, 0.25) is 0 Å². The normalized spacial score (nSPS) is 13.2.